The predicted molar refractivity (Wildman–Crippen MR) is 63.8 cm³/mol. The van der Waals surface area contributed by atoms with Crippen LogP contribution in [0, 0.1) is 0 Å². The van der Waals surface area contributed by atoms with E-state index in [2.05, 4.69) is 10.3 Å². The van der Waals surface area contributed by atoms with E-state index in [9.17, 15) is 9.59 Å². The fourth-order valence-electron chi connectivity index (χ4n) is 1.78. The Hall–Kier alpha value is -2.11. The van der Waals surface area contributed by atoms with Gasteiger partial charge in [-0.2, -0.15) is 0 Å². The number of rotatable bonds is 3. The molecule has 0 spiro atoms. The van der Waals surface area contributed by atoms with Crippen LogP contribution in [-0.4, -0.2) is 41.9 Å². The monoisotopic (exact) mass is 249 g/mol. The molecular weight excluding hydrogens is 234 g/mol. The summed E-state index contributed by atoms with van der Waals surface area (Å²) in [6.07, 6.45) is 1.98. The molecule has 0 aliphatic carbocycles. The largest absolute Gasteiger partial charge is 0.481 e. The third-order valence-corrected chi connectivity index (χ3v) is 2.78. The Morgan fingerprint density at radius 1 is 1.50 bits per heavy atom. The highest BCUT2D eigenvalue weighted by Crippen LogP contribution is 2.12. The van der Waals surface area contributed by atoms with Crippen LogP contribution in [-0.2, 0) is 16.1 Å². The van der Waals surface area contributed by atoms with E-state index in [1.807, 2.05) is 6.07 Å². The van der Waals surface area contributed by atoms with Crippen molar-refractivity contribution in [1.29, 1.82) is 0 Å². The molecule has 6 nitrogen and oxygen atoms in total. The first kappa shape index (κ1) is 12.3. The topological polar surface area (TPSA) is 71.5 Å². The highest BCUT2D eigenvalue weighted by atomic mass is 16.5. The van der Waals surface area contributed by atoms with Gasteiger partial charge in [0.1, 0.15) is 0 Å². The van der Waals surface area contributed by atoms with Crippen LogP contribution < -0.4 is 10.1 Å². The number of nitrogens with zero attached hydrogens (tertiary/aromatic N) is 2. The Morgan fingerprint density at radius 2 is 2.33 bits per heavy atom. The molecule has 0 saturated carbocycles. The van der Waals surface area contributed by atoms with Gasteiger partial charge in [-0.1, -0.05) is 0 Å². The number of carbonyl (C=O) groups excluding carboxylic acids is 2. The minimum absolute atomic E-state index is 0.0705. The second kappa shape index (κ2) is 5.48. The summed E-state index contributed by atoms with van der Waals surface area (Å²) in [5, 5.41) is 2.57. The molecule has 0 aromatic carbocycles. The minimum atomic E-state index is -0.0850. The number of hydrogen-bond acceptors (Lipinski definition) is 4. The average Bonchev–Trinajstić information content (AvgIpc) is 2.54. The van der Waals surface area contributed by atoms with Crippen LogP contribution in [0.25, 0.3) is 0 Å². The van der Waals surface area contributed by atoms with Crippen molar-refractivity contribution in [3.8, 4) is 5.88 Å². The van der Waals surface area contributed by atoms with Crippen molar-refractivity contribution < 1.29 is 14.3 Å². The number of amides is 2. The molecule has 1 aromatic rings. The molecule has 0 radical (unpaired) electrons. The number of pyridine rings is 1. The van der Waals surface area contributed by atoms with Crippen LogP contribution in [0.1, 0.15) is 12.0 Å². The molecule has 6 heteroatoms. The van der Waals surface area contributed by atoms with E-state index >= 15 is 0 Å². The van der Waals surface area contributed by atoms with E-state index in [0.29, 0.717) is 25.4 Å². The SMILES string of the molecule is COc1cc(CN2CCC(=O)NCC2=O)ccn1. The van der Waals surface area contributed by atoms with E-state index in [1.165, 1.54) is 0 Å². The van der Waals surface area contributed by atoms with Crippen molar-refractivity contribution >= 4 is 11.8 Å². The fraction of sp³-hybridized carbons (Fsp3) is 0.417. The van der Waals surface area contributed by atoms with Gasteiger partial charge in [-0.15, -0.1) is 0 Å². The molecule has 1 aliphatic rings. The molecule has 0 atom stereocenters. The maximum absolute atomic E-state index is 11.8. The van der Waals surface area contributed by atoms with E-state index in [0.717, 1.165) is 5.56 Å². The lowest BCUT2D eigenvalue weighted by atomic mass is 10.2. The van der Waals surface area contributed by atoms with E-state index in [-0.39, 0.29) is 18.4 Å². The summed E-state index contributed by atoms with van der Waals surface area (Å²) in [6.45, 7) is 0.975. The molecule has 1 aliphatic heterocycles. The van der Waals surface area contributed by atoms with Gasteiger partial charge in [-0.3, -0.25) is 9.59 Å². The highest BCUT2D eigenvalue weighted by Gasteiger charge is 2.20. The normalized spacial score (nSPS) is 16.2. The Morgan fingerprint density at radius 3 is 3.11 bits per heavy atom. The zero-order valence-corrected chi connectivity index (χ0v) is 10.2. The summed E-state index contributed by atoms with van der Waals surface area (Å²) in [5.41, 5.74) is 0.935. The lowest BCUT2D eigenvalue weighted by molar-refractivity contribution is -0.130. The van der Waals surface area contributed by atoms with Crippen molar-refractivity contribution in [2.75, 3.05) is 20.2 Å². The Kier molecular flexibility index (Phi) is 3.76. The smallest absolute Gasteiger partial charge is 0.242 e. The number of nitrogens with one attached hydrogen (secondary N) is 1. The third-order valence-electron chi connectivity index (χ3n) is 2.78. The van der Waals surface area contributed by atoms with Gasteiger partial charge in [0.05, 0.1) is 13.7 Å². The fourth-order valence-corrected chi connectivity index (χ4v) is 1.78. The summed E-state index contributed by atoms with van der Waals surface area (Å²) >= 11 is 0. The zero-order chi connectivity index (χ0) is 13.0. The molecule has 2 amide bonds. The lowest BCUT2D eigenvalue weighted by Crippen LogP contribution is -2.34. The molecule has 2 rings (SSSR count). The molecule has 1 N–H and O–H groups in total. The molecule has 2 heterocycles. The number of hydrogen-bond donors (Lipinski definition) is 1. The highest BCUT2D eigenvalue weighted by molar-refractivity contribution is 5.87. The van der Waals surface area contributed by atoms with Crippen molar-refractivity contribution in [2.45, 2.75) is 13.0 Å². The van der Waals surface area contributed by atoms with Crippen molar-refractivity contribution in [3.05, 3.63) is 23.9 Å². The first-order chi connectivity index (χ1) is 8.69. The zero-order valence-electron chi connectivity index (χ0n) is 10.2. The van der Waals surface area contributed by atoms with Gasteiger partial charge < -0.3 is 15.0 Å². The van der Waals surface area contributed by atoms with Crippen LogP contribution in [0.2, 0.25) is 0 Å². The van der Waals surface area contributed by atoms with Crippen molar-refractivity contribution in [1.82, 2.24) is 15.2 Å². The summed E-state index contributed by atoms with van der Waals surface area (Å²) in [6, 6.07) is 3.61. The second-order valence-electron chi connectivity index (χ2n) is 4.05. The van der Waals surface area contributed by atoms with Crippen molar-refractivity contribution in [2.24, 2.45) is 0 Å². The van der Waals surface area contributed by atoms with Crippen LogP contribution in [0.5, 0.6) is 5.88 Å². The summed E-state index contributed by atoms with van der Waals surface area (Å²) in [4.78, 5) is 28.7. The van der Waals surface area contributed by atoms with Gasteiger partial charge in [-0.25, -0.2) is 4.98 Å². The summed E-state index contributed by atoms with van der Waals surface area (Å²) < 4.78 is 5.03. The summed E-state index contributed by atoms with van der Waals surface area (Å²) in [5.74, 6) is 0.360. The maximum atomic E-state index is 11.8. The standard InChI is InChI=1S/C12H15N3O3/c1-18-11-6-9(2-4-13-11)8-15-5-3-10(16)14-7-12(15)17/h2,4,6H,3,5,7-8H2,1H3,(H,14,16). The van der Waals surface area contributed by atoms with Crippen LogP contribution >= 0.6 is 0 Å². The first-order valence-electron chi connectivity index (χ1n) is 5.72. The van der Waals surface area contributed by atoms with Crippen LogP contribution in [0.15, 0.2) is 18.3 Å². The minimum Gasteiger partial charge on any atom is -0.481 e. The predicted octanol–water partition coefficient (Wildman–Crippen LogP) is -0.0613. The van der Waals surface area contributed by atoms with Gasteiger partial charge in [0.2, 0.25) is 17.7 Å². The molecule has 0 bridgehead atoms. The average molecular weight is 249 g/mol. The van der Waals surface area contributed by atoms with Gasteiger partial charge in [0.25, 0.3) is 0 Å². The van der Waals surface area contributed by atoms with Crippen molar-refractivity contribution in [3.63, 3.8) is 0 Å². The van der Waals surface area contributed by atoms with Gasteiger partial charge in [0.15, 0.2) is 0 Å². The van der Waals surface area contributed by atoms with E-state index in [4.69, 9.17) is 4.74 Å². The quantitative estimate of drug-likeness (QED) is 0.814. The number of aromatic nitrogens is 1. The number of carbonyl (C=O) groups is 2. The van der Waals surface area contributed by atoms with E-state index < -0.39 is 0 Å². The molecule has 1 aromatic heterocycles. The first-order valence-corrected chi connectivity index (χ1v) is 5.72. The number of methoxy groups -OCH3 is 1. The Balaban J connectivity index is 2.07. The molecule has 1 fully saturated rings. The molecule has 1 saturated heterocycles. The Labute approximate surface area is 105 Å². The number of ether oxygens (including phenoxy) is 1. The molecule has 96 valence electrons. The van der Waals surface area contributed by atoms with Gasteiger partial charge in [0, 0.05) is 31.8 Å². The van der Waals surface area contributed by atoms with Crippen LogP contribution in [0.3, 0.4) is 0 Å². The molecule has 18 heavy (non-hydrogen) atoms. The van der Waals surface area contributed by atoms with Gasteiger partial charge in [-0.05, 0) is 11.6 Å². The second-order valence-corrected chi connectivity index (χ2v) is 4.05. The van der Waals surface area contributed by atoms with E-state index in [1.54, 1.807) is 24.3 Å². The third kappa shape index (κ3) is 2.97. The maximum Gasteiger partial charge on any atom is 0.242 e. The van der Waals surface area contributed by atoms with Gasteiger partial charge >= 0.3 is 0 Å². The lowest BCUT2D eigenvalue weighted by Gasteiger charge is -2.19. The molecular formula is C12H15N3O3. The summed E-state index contributed by atoms with van der Waals surface area (Å²) in [7, 11) is 1.55. The Bertz CT molecular complexity index is 462. The molecule has 0 unspecified atom stereocenters. The van der Waals surface area contributed by atoms with Crippen LogP contribution in [0.4, 0.5) is 0 Å².